The average molecular weight is 399 g/mol. The number of amides is 1. The molecule has 2 aromatic carbocycles. The summed E-state index contributed by atoms with van der Waals surface area (Å²) in [4.78, 5) is 16.2. The van der Waals surface area contributed by atoms with Crippen molar-refractivity contribution in [2.45, 2.75) is 11.3 Å². The largest absolute Gasteiger partial charge is 0.325 e. The van der Waals surface area contributed by atoms with Crippen LogP contribution in [0, 0.1) is 5.82 Å². The second-order valence-electron chi connectivity index (χ2n) is 5.20. The number of anilines is 1. The Labute approximate surface area is 152 Å². The molecule has 0 radical (unpaired) electrons. The van der Waals surface area contributed by atoms with Crippen molar-refractivity contribution in [3.63, 3.8) is 0 Å². The van der Waals surface area contributed by atoms with Gasteiger partial charge in [0, 0.05) is 6.42 Å². The summed E-state index contributed by atoms with van der Waals surface area (Å²) in [5.41, 5.74) is 2.74. The summed E-state index contributed by atoms with van der Waals surface area (Å²) in [6, 6.07) is 7.78. The molecule has 1 N–H and O–H groups in total. The van der Waals surface area contributed by atoms with E-state index in [9.17, 15) is 17.6 Å². The molecule has 1 amide bonds. The van der Waals surface area contributed by atoms with Crippen molar-refractivity contribution in [1.82, 2.24) is 4.98 Å². The number of nitrogens with zero attached hydrogens (tertiary/aromatic N) is 1. The number of nitrogens with one attached hydrogen (secondary N) is 1. The lowest BCUT2D eigenvalue weighted by Gasteiger charge is -2.07. The Morgan fingerprint density at radius 3 is 2.64 bits per heavy atom. The van der Waals surface area contributed by atoms with E-state index in [1.165, 1.54) is 23.5 Å². The zero-order chi connectivity index (χ0) is 18.0. The minimum atomic E-state index is -3.66. The molecule has 0 unspecified atom stereocenters. The molecule has 3 rings (SSSR count). The van der Waals surface area contributed by atoms with E-state index in [1.807, 2.05) is 0 Å². The summed E-state index contributed by atoms with van der Waals surface area (Å²) < 4.78 is 38.0. The lowest BCUT2D eigenvalue weighted by molar-refractivity contribution is -0.115. The second kappa shape index (κ2) is 7.07. The number of sulfone groups is 1. The fraction of sp³-hybridized carbons (Fsp3) is 0.125. The van der Waals surface area contributed by atoms with Crippen LogP contribution in [0.4, 0.5) is 10.1 Å². The summed E-state index contributed by atoms with van der Waals surface area (Å²) in [6.45, 7) is 0. The Morgan fingerprint density at radius 1 is 1.20 bits per heavy atom. The summed E-state index contributed by atoms with van der Waals surface area (Å²) in [7, 11) is -3.66. The van der Waals surface area contributed by atoms with Crippen LogP contribution in [0.15, 0.2) is 46.8 Å². The van der Waals surface area contributed by atoms with Crippen LogP contribution in [0.1, 0.15) is 6.42 Å². The van der Waals surface area contributed by atoms with Crippen LogP contribution >= 0.6 is 22.9 Å². The smallest absolute Gasteiger partial charge is 0.225 e. The van der Waals surface area contributed by atoms with Gasteiger partial charge in [0.25, 0.3) is 0 Å². The number of carbonyl (C=O) groups is 1. The van der Waals surface area contributed by atoms with Gasteiger partial charge in [0.15, 0.2) is 9.84 Å². The minimum absolute atomic E-state index is 0.0157. The Kier molecular flexibility index (Phi) is 5.03. The highest BCUT2D eigenvalue weighted by molar-refractivity contribution is 7.91. The van der Waals surface area contributed by atoms with E-state index in [-0.39, 0.29) is 17.1 Å². The van der Waals surface area contributed by atoms with Crippen LogP contribution in [0.25, 0.3) is 10.2 Å². The third-order valence-corrected chi connectivity index (χ3v) is 6.38. The van der Waals surface area contributed by atoms with Crippen molar-refractivity contribution in [3.05, 3.63) is 52.7 Å². The van der Waals surface area contributed by atoms with Crippen molar-refractivity contribution in [2.24, 2.45) is 0 Å². The fourth-order valence-electron chi connectivity index (χ4n) is 2.22. The van der Waals surface area contributed by atoms with Gasteiger partial charge in [0.05, 0.1) is 31.6 Å². The first-order valence-electron chi connectivity index (χ1n) is 7.17. The molecule has 0 aliphatic carbocycles. The van der Waals surface area contributed by atoms with Crippen molar-refractivity contribution in [1.29, 1.82) is 0 Å². The number of rotatable bonds is 5. The molecule has 0 bridgehead atoms. The van der Waals surface area contributed by atoms with Crippen LogP contribution in [-0.2, 0) is 14.6 Å². The maximum atomic E-state index is 12.9. The molecule has 130 valence electrons. The Bertz CT molecular complexity index is 1030. The monoisotopic (exact) mass is 398 g/mol. The lowest BCUT2D eigenvalue weighted by atomic mass is 10.3. The molecule has 1 aromatic heterocycles. The van der Waals surface area contributed by atoms with E-state index >= 15 is 0 Å². The molecule has 0 fully saturated rings. The first-order chi connectivity index (χ1) is 11.9. The number of aromatic nitrogens is 1. The molecule has 0 saturated carbocycles. The molecule has 1 heterocycles. The standard InChI is InChI=1S/C16H12ClFN2O3S2/c17-12-5-6-13(16-15(12)19-9-24-16)20-14(21)7-8-25(22,23)11-3-1-10(18)2-4-11/h1-6,9H,7-8H2,(H,20,21). The van der Waals surface area contributed by atoms with Crippen LogP contribution in [0.2, 0.25) is 5.02 Å². The fourth-order valence-corrected chi connectivity index (χ4v) is 4.50. The van der Waals surface area contributed by atoms with Crippen LogP contribution in [0.3, 0.4) is 0 Å². The first-order valence-corrected chi connectivity index (χ1v) is 10.1. The molecule has 0 atom stereocenters. The predicted octanol–water partition coefficient (Wildman–Crippen LogP) is 3.89. The maximum Gasteiger partial charge on any atom is 0.225 e. The van der Waals surface area contributed by atoms with E-state index in [4.69, 9.17) is 11.6 Å². The van der Waals surface area contributed by atoms with E-state index in [0.29, 0.717) is 16.2 Å². The molecule has 0 spiro atoms. The van der Waals surface area contributed by atoms with Crippen LogP contribution < -0.4 is 5.32 Å². The Morgan fingerprint density at radius 2 is 1.92 bits per heavy atom. The summed E-state index contributed by atoms with van der Waals surface area (Å²) >= 11 is 7.36. The average Bonchev–Trinajstić information content (AvgIpc) is 3.07. The minimum Gasteiger partial charge on any atom is -0.325 e. The number of hydrogen-bond donors (Lipinski definition) is 1. The number of fused-ring (bicyclic) bond motifs is 1. The summed E-state index contributed by atoms with van der Waals surface area (Å²) in [6.07, 6.45) is -0.220. The van der Waals surface area contributed by atoms with Gasteiger partial charge >= 0.3 is 0 Å². The molecular formula is C16H12ClFN2O3S2. The van der Waals surface area contributed by atoms with E-state index in [0.717, 1.165) is 16.8 Å². The van der Waals surface area contributed by atoms with Crippen LogP contribution in [-0.4, -0.2) is 25.1 Å². The molecule has 0 aliphatic heterocycles. The van der Waals surface area contributed by atoms with Crippen molar-refractivity contribution >= 4 is 54.6 Å². The molecule has 25 heavy (non-hydrogen) atoms. The van der Waals surface area contributed by atoms with Crippen LogP contribution in [0.5, 0.6) is 0 Å². The van der Waals surface area contributed by atoms with Gasteiger partial charge < -0.3 is 5.32 Å². The van der Waals surface area contributed by atoms with Gasteiger partial charge in [0.1, 0.15) is 11.3 Å². The molecule has 9 heteroatoms. The number of thiazole rings is 1. The van der Waals surface area contributed by atoms with Gasteiger partial charge in [0.2, 0.25) is 5.91 Å². The van der Waals surface area contributed by atoms with E-state index in [1.54, 1.807) is 17.6 Å². The number of benzene rings is 2. The third kappa shape index (κ3) is 3.97. The highest BCUT2D eigenvalue weighted by Gasteiger charge is 2.17. The van der Waals surface area contributed by atoms with Gasteiger partial charge in [-0.15, -0.1) is 11.3 Å². The van der Waals surface area contributed by atoms with Crippen molar-refractivity contribution < 1.29 is 17.6 Å². The highest BCUT2D eigenvalue weighted by atomic mass is 35.5. The van der Waals surface area contributed by atoms with Gasteiger partial charge in [-0.2, -0.15) is 0 Å². The summed E-state index contributed by atoms with van der Waals surface area (Å²) in [5, 5.41) is 3.16. The predicted molar refractivity (Wildman–Crippen MR) is 96.3 cm³/mol. The molecule has 0 saturated heterocycles. The Balaban J connectivity index is 1.69. The van der Waals surface area contributed by atoms with E-state index in [2.05, 4.69) is 10.3 Å². The van der Waals surface area contributed by atoms with Gasteiger partial charge in [-0.3, -0.25) is 4.79 Å². The first kappa shape index (κ1) is 17.8. The van der Waals surface area contributed by atoms with E-state index < -0.39 is 21.6 Å². The third-order valence-electron chi connectivity index (χ3n) is 3.48. The normalized spacial score (nSPS) is 11.6. The van der Waals surface area contributed by atoms with Crippen molar-refractivity contribution in [3.8, 4) is 0 Å². The lowest BCUT2D eigenvalue weighted by Crippen LogP contribution is -2.17. The second-order valence-corrected chi connectivity index (χ2v) is 8.57. The molecular weight excluding hydrogens is 387 g/mol. The molecule has 5 nitrogen and oxygen atoms in total. The zero-order valence-electron chi connectivity index (χ0n) is 12.7. The van der Waals surface area contributed by atoms with Crippen molar-refractivity contribution in [2.75, 3.05) is 11.1 Å². The highest BCUT2D eigenvalue weighted by Crippen LogP contribution is 2.32. The summed E-state index contributed by atoms with van der Waals surface area (Å²) in [5.74, 6) is -1.33. The van der Waals surface area contributed by atoms with Gasteiger partial charge in [-0.25, -0.2) is 17.8 Å². The zero-order valence-corrected chi connectivity index (χ0v) is 15.1. The number of halogens is 2. The molecule has 3 aromatic rings. The Hall–Kier alpha value is -2.03. The van der Waals surface area contributed by atoms with Gasteiger partial charge in [-0.05, 0) is 36.4 Å². The maximum absolute atomic E-state index is 12.9. The topological polar surface area (TPSA) is 76.1 Å². The van der Waals surface area contributed by atoms with Gasteiger partial charge in [-0.1, -0.05) is 11.6 Å². The molecule has 0 aliphatic rings. The number of hydrogen-bond acceptors (Lipinski definition) is 5. The quantitative estimate of drug-likeness (QED) is 0.661. The SMILES string of the molecule is O=C(CCS(=O)(=O)c1ccc(F)cc1)Nc1ccc(Cl)c2ncsc12. The number of carbonyl (C=O) groups excluding carboxylic acids is 1.